The summed E-state index contributed by atoms with van der Waals surface area (Å²) in [5.41, 5.74) is -0.248. The molecule has 0 aliphatic rings. The number of carbonyl (C=O) groups is 1. The number of aliphatic carboxylic acids is 1. The smallest absolute Gasteiger partial charge is 0.329 e. The van der Waals surface area contributed by atoms with E-state index in [1.807, 2.05) is 37.3 Å². The van der Waals surface area contributed by atoms with E-state index in [0.29, 0.717) is 19.0 Å². The van der Waals surface area contributed by atoms with Crippen LogP contribution in [0.3, 0.4) is 0 Å². The molecule has 0 aliphatic heterocycles. The summed E-state index contributed by atoms with van der Waals surface area (Å²) in [6.07, 6.45) is 0. The minimum absolute atomic E-state index is 0.467. The summed E-state index contributed by atoms with van der Waals surface area (Å²) in [5.74, 6) is -0.313. The Balaban J connectivity index is 3.14. The summed E-state index contributed by atoms with van der Waals surface area (Å²) < 4.78 is 0. The van der Waals surface area contributed by atoms with Crippen LogP contribution in [-0.4, -0.2) is 42.2 Å². The summed E-state index contributed by atoms with van der Waals surface area (Å²) >= 11 is 0. The molecule has 0 amide bonds. The van der Waals surface area contributed by atoms with Gasteiger partial charge in [-0.25, -0.2) is 4.79 Å². The Morgan fingerprint density at radius 3 is 2.33 bits per heavy atom. The van der Waals surface area contributed by atoms with Crippen molar-refractivity contribution >= 4 is 5.97 Å². The van der Waals surface area contributed by atoms with Gasteiger partial charge in [0.15, 0.2) is 5.54 Å². The molecule has 2 N–H and O–H groups in total. The number of likely N-dealkylation sites (N-methyl/N-ethyl adjacent to an activating group) is 2. The topological polar surface area (TPSA) is 52.6 Å². The highest BCUT2D eigenvalue weighted by Gasteiger charge is 2.41. The van der Waals surface area contributed by atoms with Gasteiger partial charge in [0.2, 0.25) is 0 Å². The fourth-order valence-corrected chi connectivity index (χ4v) is 2.70. The number of nitrogens with zero attached hydrogens (tertiary/aromatic N) is 1. The Hall–Kier alpha value is -1.39. The highest BCUT2D eigenvalue weighted by molar-refractivity contribution is 5.81. The highest BCUT2D eigenvalue weighted by atomic mass is 16.4. The number of carboxylic acid groups (broad SMARTS) is 1. The monoisotopic (exact) mass is 292 g/mol. The maximum Gasteiger partial charge on any atom is 0.329 e. The van der Waals surface area contributed by atoms with Crippen molar-refractivity contribution in [2.75, 3.05) is 26.2 Å². The molecule has 1 aromatic rings. The molecule has 1 unspecified atom stereocenters. The average molecular weight is 292 g/mol. The fourth-order valence-electron chi connectivity index (χ4n) is 2.70. The summed E-state index contributed by atoms with van der Waals surface area (Å²) in [6.45, 7) is 11.1. The molecular weight excluding hydrogens is 264 g/mol. The predicted molar refractivity (Wildman–Crippen MR) is 86.4 cm³/mol. The lowest BCUT2D eigenvalue weighted by atomic mass is 9.88. The lowest BCUT2D eigenvalue weighted by molar-refractivity contribution is -0.146. The van der Waals surface area contributed by atoms with Gasteiger partial charge in [0, 0.05) is 13.1 Å². The van der Waals surface area contributed by atoms with Crippen LogP contribution in [0.5, 0.6) is 0 Å². The first-order valence-electron chi connectivity index (χ1n) is 7.72. The van der Waals surface area contributed by atoms with Crippen LogP contribution in [-0.2, 0) is 10.3 Å². The summed E-state index contributed by atoms with van der Waals surface area (Å²) in [6, 6.07) is 9.47. The summed E-state index contributed by atoms with van der Waals surface area (Å²) in [4.78, 5) is 14.3. The fraction of sp³-hybridized carbons (Fsp3) is 0.588. The molecule has 0 radical (unpaired) electrons. The lowest BCUT2D eigenvalue weighted by Gasteiger charge is -2.36. The SMILES string of the molecule is CCNC(CN(CC)CC(C)C)(C(=O)O)c1ccccc1. The van der Waals surface area contributed by atoms with Gasteiger partial charge in [-0.15, -0.1) is 0 Å². The number of hydrogen-bond donors (Lipinski definition) is 2. The molecule has 0 heterocycles. The van der Waals surface area contributed by atoms with E-state index in [-0.39, 0.29) is 0 Å². The maximum atomic E-state index is 12.1. The van der Waals surface area contributed by atoms with Gasteiger partial charge in [-0.2, -0.15) is 0 Å². The van der Waals surface area contributed by atoms with E-state index in [2.05, 4.69) is 31.0 Å². The molecule has 4 heteroatoms. The van der Waals surface area contributed by atoms with Crippen LogP contribution in [0.4, 0.5) is 0 Å². The van der Waals surface area contributed by atoms with E-state index < -0.39 is 11.5 Å². The number of carboxylic acids is 1. The largest absolute Gasteiger partial charge is 0.480 e. The molecule has 0 saturated heterocycles. The van der Waals surface area contributed by atoms with Gasteiger partial charge in [-0.1, -0.05) is 58.0 Å². The first kappa shape index (κ1) is 17.7. The molecule has 118 valence electrons. The molecule has 1 atom stereocenters. The number of hydrogen-bond acceptors (Lipinski definition) is 3. The van der Waals surface area contributed by atoms with E-state index in [0.717, 1.165) is 18.7 Å². The van der Waals surface area contributed by atoms with Gasteiger partial charge in [-0.05, 0) is 24.6 Å². The Morgan fingerprint density at radius 2 is 1.90 bits per heavy atom. The molecule has 1 rings (SSSR count). The van der Waals surface area contributed by atoms with Crippen molar-refractivity contribution in [2.45, 2.75) is 33.2 Å². The number of benzene rings is 1. The first-order valence-corrected chi connectivity index (χ1v) is 7.72. The van der Waals surface area contributed by atoms with Crippen LogP contribution in [0.1, 0.15) is 33.3 Å². The quantitative estimate of drug-likeness (QED) is 0.734. The van der Waals surface area contributed by atoms with Crippen LogP contribution < -0.4 is 5.32 Å². The van der Waals surface area contributed by atoms with Crippen LogP contribution in [0.15, 0.2) is 30.3 Å². The van der Waals surface area contributed by atoms with Crippen molar-refractivity contribution in [3.8, 4) is 0 Å². The highest BCUT2D eigenvalue weighted by Crippen LogP contribution is 2.23. The van der Waals surface area contributed by atoms with Gasteiger partial charge in [0.1, 0.15) is 0 Å². The molecule has 0 aromatic heterocycles. The van der Waals surface area contributed by atoms with Gasteiger partial charge >= 0.3 is 5.97 Å². The second kappa shape index (κ2) is 8.15. The molecule has 0 fully saturated rings. The van der Waals surface area contributed by atoms with Crippen LogP contribution in [0.25, 0.3) is 0 Å². The maximum absolute atomic E-state index is 12.1. The molecule has 21 heavy (non-hydrogen) atoms. The van der Waals surface area contributed by atoms with Crippen LogP contribution in [0.2, 0.25) is 0 Å². The molecular formula is C17H28N2O2. The third-order valence-electron chi connectivity index (χ3n) is 3.64. The van der Waals surface area contributed by atoms with E-state index in [9.17, 15) is 9.90 Å². The van der Waals surface area contributed by atoms with Crippen molar-refractivity contribution in [2.24, 2.45) is 5.92 Å². The van der Waals surface area contributed by atoms with Crippen LogP contribution in [0, 0.1) is 5.92 Å². The Kier molecular flexibility index (Phi) is 6.85. The number of nitrogens with one attached hydrogen (secondary N) is 1. The van der Waals surface area contributed by atoms with Gasteiger partial charge in [0.05, 0.1) is 0 Å². The molecule has 0 spiro atoms. The zero-order valence-corrected chi connectivity index (χ0v) is 13.6. The molecule has 0 aliphatic carbocycles. The minimum atomic E-state index is -1.05. The Morgan fingerprint density at radius 1 is 1.29 bits per heavy atom. The van der Waals surface area contributed by atoms with Crippen molar-refractivity contribution in [1.82, 2.24) is 10.2 Å². The summed E-state index contributed by atoms with van der Waals surface area (Å²) in [7, 11) is 0. The zero-order valence-electron chi connectivity index (χ0n) is 13.6. The summed E-state index contributed by atoms with van der Waals surface area (Å²) in [5, 5.41) is 13.1. The standard InChI is InChI=1S/C17H28N2O2/c1-5-18-17(16(20)21,15-10-8-7-9-11-15)13-19(6-2)12-14(3)4/h7-11,14,18H,5-6,12-13H2,1-4H3,(H,20,21). The average Bonchev–Trinajstić information content (AvgIpc) is 2.46. The van der Waals surface area contributed by atoms with E-state index in [1.165, 1.54) is 0 Å². The third kappa shape index (κ3) is 4.55. The second-order valence-electron chi connectivity index (χ2n) is 5.83. The van der Waals surface area contributed by atoms with E-state index in [1.54, 1.807) is 0 Å². The van der Waals surface area contributed by atoms with Crippen molar-refractivity contribution < 1.29 is 9.90 Å². The lowest BCUT2D eigenvalue weighted by Crippen LogP contribution is -2.56. The first-order chi connectivity index (χ1) is 9.96. The molecule has 4 nitrogen and oxygen atoms in total. The van der Waals surface area contributed by atoms with Crippen molar-refractivity contribution in [3.05, 3.63) is 35.9 Å². The second-order valence-corrected chi connectivity index (χ2v) is 5.83. The van der Waals surface area contributed by atoms with Gasteiger partial charge in [-0.3, -0.25) is 5.32 Å². The van der Waals surface area contributed by atoms with Crippen LogP contribution >= 0.6 is 0 Å². The van der Waals surface area contributed by atoms with E-state index >= 15 is 0 Å². The van der Waals surface area contributed by atoms with Crippen molar-refractivity contribution in [1.29, 1.82) is 0 Å². The normalized spacial score (nSPS) is 14.4. The minimum Gasteiger partial charge on any atom is -0.480 e. The van der Waals surface area contributed by atoms with E-state index in [4.69, 9.17) is 0 Å². The van der Waals surface area contributed by atoms with Gasteiger partial charge < -0.3 is 10.0 Å². The Bertz CT molecular complexity index is 434. The number of rotatable bonds is 9. The molecule has 1 aromatic carbocycles. The molecule has 0 bridgehead atoms. The zero-order chi connectivity index (χ0) is 15.9. The predicted octanol–water partition coefficient (Wildman–Crippen LogP) is 2.55. The van der Waals surface area contributed by atoms with Gasteiger partial charge in [0.25, 0.3) is 0 Å². The third-order valence-corrected chi connectivity index (χ3v) is 3.64. The van der Waals surface area contributed by atoms with Crippen molar-refractivity contribution in [3.63, 3.8) is 0 Å². The molecule has 0 saturated carbocycles. The Labute approximate surface area is 128 Å².